The van der Waals surface area contributed by atoms with Crippen LogP contribution < -0.4 is 10.2 Å². The van der Waals surface area contributed by atoms with Crippen LogP contribution in [-0.2, 0) is 26.3 Å². The van der Waals surface area contributed by atoms with Gasteiger partial charge in [0.15, 0.2) is 5.71 Å². The highest BCUT2D eigenvalue weighted by Gasteiger charge is 2.57. The number of amides is 2. The van der Waals surface area contributed by atoms with E-state index in [0.717, 1.165) is 11.3 Å². The van der Waals surface area contributed by atoms with Crippen molar-refractivity contribution >= 4 is 58.4 Å². The van der Waals surface area contributed by atoms with Crippen LogP contribution in [0.3, 0.4) is 0 Å². The molecule has 176 valence electrons. The number of carboxylic acids is 1. The van der Waals surface area contributed by atoms with E-state index in [0.29, 0.717) is 5.16 Å². The number of thioether (sulfide) groups is 2. The number of rotatable bonds is 8. The maximum Gasteiger partial charge on any atom is 0.313 e. The predicted molar refractivity (Wildman–Crippen MR) is 118 cm³/mol. The number of carbonyl (C=O) groups excluding carboxylic acids is 2. The number of H-pyrrole nitrogens is 1. The van der Waals surface area contributed by atoms with E-state index in [1.165, 1.54) is 45.6 Å². The van der Waals surface area contributed by atoms with Crippen molar-refractivity contribution < 1.29 is 24.3 Å². The summed E-state index contributed by atoms with van der Waals surface area (Å²) in [4.78, 5) is 57.3. The molecule has 0 aliphatic carbocycles. The monoisotopic (exact) mass is 514 g/mol. The molecule has 3 atom stereocenters. The Morgan fingerprint density at radius 1 is 1.48 bits per heavy atom. The lowest BCUT2D eigenvalue weighted by molar-refractivity contribution is -0.157. The summed E-state index contributed by atoms with van der Waals surface area (Å²) in [6.07, 6.45) is 0. The summed E-state index contributed by atoms with van der Waals surface area (Å²) in [5, 5.41) is 28.8. The molecule has 33 heavy (non-hydrogen) atoms. The van der Waals surface area contributed by atoms with E-state index >= 15 is 0 Å². The van der Waals surface area contributed by atoms with E-state index in [-0.39, 0.29) is 34.3 Å². The number of oxime groups is 1. The molecule has 14 nitrogen and oxygen atoms in total. The topological polar surface area (TPSA) is 185 Å². The fraction of sp³-hybridized carbons (Fsp3) is 0.500. The Hall–Kier alpha value is -2.92. The highest BCUT2D eigenvalue weighted by atomic mass is 32.2. The molecule has 2 amide bonds. The summed E-state index contributed by atoms with van der Waals surface area (Å²) >= 11 is 3.35. The van der Waals surface area contributed by atoms with Crippen LogP contribution in [0.2, 0.25) is 0 Å². The Bertz CT molecular complexity index is 1180. The molecule has 4 rings (SSSR count). The van der Waals surface area contributed by atoms with Crippen LogP contribution in [0.15, 0.2) is 20.5 Å². The number of β-lactam (4-membered cyclic amide) rings is 1. The van der Waals surface area contributed by atoms with Gasteiger partial charge >= 0.3 is 10.8 Å². The first-order chi connectivity index (χ1) is 15.8. The Balaban J connectivity index is 1.43. The molecule has 0 aromatic carbocycles. The molecule has 0 spiro atoms. The van der Waals surface area contributed by atoms with Gasteiger partial charge in [-0.15, -0.1) is 16.9 Å². The second-order valence-electron chi connectivity index (χ2n) is 7.26. The predicted octanol–water partition coefficient (Wildman–Crippen LogP) is -1.43. The van der Waals surface area contributed by atoms with Crippen molar-refractivity contribution in [1.82, 2.24) is 35.4 Å². The standard InChI is InChI=1S/C16H18N8O6S3/c1-23-14(19-21-22-23)33-6-16(13(27)28)4-24-11(26)9(12(24)32-5-16)18-10(25)8(20-30-2)7-3-31-15(29)17-7/h3,9,12H,4-6H2,1-2H3,(H,17,29)(H,18,25)(H,27,28)/t9?,12-,16?/m1/s1. The molecule has 2 fully saturated rings. The summed E-state index contributed by atoms with van der Waals surface area (Å²) in [6, 6.07) is -0.850. The van der Waals surface area contributed by atoms with Gasteiger partial charge in [0.05, 0.1) is 5.69 Å². The van der Waals surface area contributed by atoms with E-state index in [9.17, 15) is 24.3 Å². The van der Waals surface area contributed by atoms with Gasteiger partial charge in [0, 0.05) is 30.5 Å². The van der Waals surface area contributed by atoms with Crippen molar-refractivity contribution in [3.8, 4) is 0 Å². The van der Waals surface area contributed by atoms with Gasteiger partial charge in [-0.2, -0.15) is 0 Å². The number of nitrogens with one attached hydrogen (secondary N) is 2. The Morgan fingerprint density at radius 2 is 2.27 bits per heavy atom. The molecule has 3 N–H and O–H groups in total. The molecular weight excluding hydrogens is 496 g/mol. The molecule has 2 saturated heterocycles. The first kappa shape index (κ1) is 23.2. The molecule has 0 bridgehead atoms. The molecule has 2 aliphatic heterocycles. The number of aliphatic carboxylic acids is 1. The Labute approximate surface area is 198 Å². The van der Waals surface area contributed by atoms with Crippen LogP contribution in [0.5, 0.6) is 0 Å². The van der Waals surface area contributed by atoms with Crippen LogP contribution in [0, 0.1) is 5.41 Å². The zero-order valence-corrected chi connectivity index (χ0v) is 19.7. The zero-order valence-electron chi connectivity index (χ0n) is 17.2. The summed E-state index contributed by atoms with van der Waals surface area (Å²) in [5.74, 6) is -1.70. The van der Waals surface area contributed by atoms with Gasteiger partial charge in [0.1, 0.15) is 23.9 Å². The third-order valence-electron chi connectivity index (χ3n) is 5.12. The largest absolute Gasteiger partial charge is 0.481 e. The number of aryl methyl sites for hydroxylation is 1. The minimum absolute atomic E-state index is 0.000349. The summed E-state index contributed by atoms with van der Waals surface area (Å²) in [6.45, 7) is 0.000349. The van der Waals surface area contributed by atoms with Crippen molar-refractivity contribution in [3.63, 3.8) is 0 Å². The first-order valence-corrected chi connectivity index (χ1v) is 12.3. The third-order valence-corrected chi connectivity index (χ3v) is 8.68. The maximum atomic E-state index is 12.8. The van der Waals surface area contributed by atoms with Crippen molar-refractivity contribution in [3.05, 3.63) is 20.7 Å². The Morgan fingerprint density at radius 3 is 2.88 bits per heavy atom. The molecule has 4 heterocycles. The Kier molecular flexibility index (Phi) is 6.44. The highest BCUT2D eigenvalue weighted by molar-refractivity contribution is 8.00. The number of tetrazole rings is 1. The zero-order chi connectivity index (χ0) is 23.8. The number of carboxylic acid groups (broad SMARTS) is 1. The summed E-state index contributed by atoms with van der Waals surface area (Å²) in [5.41, 5.74) is -1.19. The number of hydrogen-bond acceptors (Lipinski definition) is 12. The first-order valence-electron chi connectivity index (χ1n) is 9.36. The number of nitrogens with zero attached hydrogens (tertiary/aromatic N) is 6. The minimum atomic E-state index is -1.19. The van der Waals surface area contributed by atoms with E-state index < -0.39 is 34.6 Å². The lowest BCUT2D eigenvalue weighted by Crippen LogP contribution is -2.74. The van der Waals surface area contributed by atoms with E-state index in [4.69, 9.17) is 4.84 Å². The average Bonchev–Trinajstić information content (AvgIpc) is 3.41. The molecule has 2 unspecified atom stereocenters. The number of carbonyl (C=O) groups is 3. The van der Waals surface area contributed by atoms with Crippen LogP contribution in [0.1, 0.15) is 5.69 Å². The lowest BCUT2D eigenvalue weighted by atomic mass is 9.89. The van der Waals surface area contributed by atoms with E-state index in [1.807, 2.05) is 0 Å². The lowest BCUT2D eigenvalue weighted by Gasteiger charge is -2.53. The molecule has 2 aliphatic rings. The SMILES string of the molecule is CON=C(C(=O)NC1C(=O)N2CC(CSc3nnnn3C)(C(=O)O)CS[C@H]12)c1csc(=O)[nH]1. The summed E-state index contributed by atoms with van der Waals surface area (Å²) in [7, 11) is 2.91. The maximum absolute atomic E-state index is 12.8. The summed E-state index contributed by atoms with van der Waals surface area (Å²) < 4.78 is 1.44. The fourth-order valence-electron chi connectivity index (χ4n) is 3.36. The van der Waals surface area contributed by atoms with Gasteiger partial charge in [-0.3, -0.25) is 19.2 Å². The average molecular weight is 515 g/mol. The smallest absolute Gasteiger partial charge is 0.313 e. The normalized spacial score (nSPS) is 24.7. The molecule has 2 aromatic heterocycles. The molecular formula is C16H18N8O6S3. The van der Waals surface area contributed by atoms with Gasteiger partial charge < -0.3 is 25.1 Å². The second-order valence-corrected chi connectivity index (χ2v) is 10.2. The van der Waals surface area contributed by atoms with Gasteiger partial charge in [-0.1, -0.05) is 28.3 Å². The third kappa shape index (κ3) is 4.34. The molecule has 17 heteroatoms. The number of thiazole rings is 1. The van der Waals surface area contributed by atoms with Crippen molar-refractivity contribution in [2.45, 2.75) is 16.6 Å². The van der Waals surface area contributed by atoms with Crippen LogP contribution in [0.25, 0.3) is 0 Å². The molecule has 0 radical (unpaired) electrons. The molecule has 0 saturated carbocycles. The highest BCUT2D eigenvalue weighted by Crippen LogP contribution is 2.44. The van der Waals surface area contributed by atoms with Gasteiger partial charge in [-0.25, -0.2) is 4.68 Å². The quantitative estimate of drug-likeness (QED) is 0.162. The fourth-order valence-corrected chi connectivity index (χ4v) is 6.64. The number of aromatic nitrogens is 5. The number of aromatic amines is 1. The van der Waals surface area contributed by atoms with Gasteiger partial charge in [0.25, 0.3) is 5.91 Å². The van der Waals surface area contributed by atoms with Crippen molar-refractivity contribution in [1.29, 1.82) is 0 Å². The van der Waals surface area contributed by atoms with Crippen LogP contribution in [-0.4, -0.2) is 95.3 Å². The second kappa shape index (κ2) is 9.14. The van der Waals surface area contributed by atoms with E-state index in [1.54, 1.807) is 7.05 Å². The van der Waals surface area contributed by atoms with Crippen LogP contribution >= 0.6 is 34.9 Å². The van der Waals surface area contributed by atoms with E-state index in [2.05, 4.69) is 31.0 Å². The van der Waals surface area contributed by atoms with Crippen molar-refractivity contribution in [2.75, 3.05) is 25.2 Å². The number of fused-ring (bicyclic) bond motifs is 1. The minimum Gasteiger partial charge on any atom is -0.481 e. The molecule has 2 aromatic rings. The van der Waals surface area contributed by atoms with Gasteiger partial charge in [0.2, 0.25) is 11.1 Å². The van der Waals surface area contributed by atoms with Crippen molar-refractivity contribution in [2.24, 2.45) is 17.6 Å². The van der Waals surface area contributed by atoms with Crippen LogP contribution in [0.4, 0.5) is 0 Å². The van der Waals surface area contributed by atoms with Gasteiger partial charge in [-0.05, 0) is 10.4 Å². The number of hydrogen-bond donors (Lipinski definition) is 3.